The molecule has 2 aliphatic rings. The zero-order valence-electron chi connectivity index (χ0n) is 15.1. The Balaban J connectivity index is 1.87. The van der Waals surface area contributed by atoms with Gasteiger partial charge in [0.2, 0.25) is 6.29 Å². The Morgan fingerprint density at radius 1 is 1.42 bits per heavy atom. The minimum atomic E-state index is -0.485. The van der Waals surface area contributed by atoms with E-state index in [1.807, 2.05) is 18.4 Å². The highest BCUT2D eigenvalue weighted by Gasteiger charge is 2.39. The van der Waals surface area contributed by atoms with Gasteiger partial charge < -0.3 is 24.2 Å². The number of nitrogens with zero attached hydrogens (tertiary/aromatic N) is 1. The normalized spacial score (nSPS) is 26.3. The lowest BCUT2D eigenvalue weighted by Crippen LogP contribution is -2.44. The summed E-state index contributed by atoms with van der Waals surface area (Å²) in [4.78, 5) is 14.7. The molecule has 1 aromatic heterocycles. The number of aliphatic hydroxyl groups is 1. The van der Waals surface area contributed by atoms with Crippen molar-refractivity contribution >= 4 is 17.2 Å². The standard InChI is InChI=1S/C19H27NO5S/c1-2-24-19-15(4-3-8-21)16(14-5-11-26-13-14)12-17(25-19)18(22)20-6-9-23-10-7-20/h5,11-13,15-16,19,21H,2-4,6-10H2,1H3/t15-,16-,19-/m0/s1. The van der Waals surface area contributed by atoms with Crippen LogP contribution in [0.2, 0.25) is 0 Å². The molecule has 2 aliphatic heterocycles. The van der Waals surface area contributed by atoms with Crippen molar-refractivity contribution < 1.29 is 24.1 Å². The summed E-state index contributed by atoms with van der Waals surface area (Å²) >= 11 is 1.64. The van der Waals surface area contributed by atoms with Gasteiger partial charge in [0.25, 0.3) is 5.91 Å². The molecule has 144 valence electrons. The number of hydrogen-bond donors (Lipinski definition) is 1. The number of thiophene rings is 1. The number of rotatable bonds is 7. The maximum Gasteiger partial charge on any atom is 0.288 e. The summed E-state index contributed by atoms with van der Waals surface area (Å²) in [6.07, 6.45) is 2.91. The second-order valence-corrected chi connectivity index (χ2v) is 7.27. The third-order valence-electron chi connectivity index (χ3n) is 4.85. The summed E-state index contributed by atoms with van der Waals surface area (Å²) in [5.74, 6) is 0.372. The fraction of sp³-hybridized carbons (Fsp3) is 0.632. The third-order valence-corrected chi connectivity index (χ3v) is 5.55. The van der Waals surface area contributed by atoms with Crippen molar-refractivity contribution in [2.24, 2.45) is 5.92 Å². The van der Waals surface area contributed by atoms with Crippen LogP contribution >= 0.6 is 11.3 Å². The number of morpholine rings is 1. The molecule has 3 heterocycles. The average Bonchev–Trinajstić information content (AvgIpc) is 3.21. The van der Waals surface area contributed by atoms with Gasteiger partial charge in [-0.2, -0.15) is 11.3 Å². The van der Waals surface area contributed by atoms with E-state index in [-0.39, 0.29) is 24.3 Å². The van der Waals surface area contributed by atoms with Crippen LogP contribution < -0.4 is 0 Å². The number of ether oxygens (including phenoxy) is 3. The van der Waals surface area contributed by atoms with Crippen molar-refractivity contribution in [2.45, 2.75) is 32.0 Å². The molecule has 1 N–H and O–H groups in total. The molecule has 6 nitrogen and oxygen atoms in total. The number of allylic oxidation sites excluding steroid dienone is 1. The van der Waals surface area contributed by atoms with Crippen molar-refractivity contribution in [3.05, 3.63) is 34.2 Å². The number of hydrogen-bond acceptors (Lipinski definition) is 6. The van der Waals surface area contributed by atoms with E-state index < -0.39 is 6.29 Å². The first-order valence-corrected chi connectivity index (χ1v) is 10.2. The van der Waals surface area contributed by atoms with E-state index in [4.69, 9.17) is 14.2 Å². The molecule has 3 atom stereocenters. The minimum absolute atomic E-state index is 0.0399. The maximum absolute atomic E-state index is 12.9. The lowest BCUT2D eigenvalue weighted by molar-refractivity contribution is -0.171. The van der Waals surface area contributed by atoms with Gasteiger partial charge in [0.15, 0.2) is 5.76 Å². The second-order valence-electron chi connectivity index (χ2n) is 6.49. The summed E-state index contributed by atoms with van der Waals surface area (Å²) in [5, 5.41) is 13.4. The number of carbonyl (C=O) groups excluding carboxylic acids is 1. The van der Waals surface area contributed by atoms with Crippen LogP contribution in [0.15, 0.2) is 28.7 Å². The predicted molar refractivity (Wildman–Crippen MR) is 98.9 cm³/mol. The first kappa shape index (κ1) is 19.4. The van der Waals surface area contributed by atoms with Crippen LogP contribution in [0.5, 0.6) is 0 Å². The smallest absolute Gasteiger partial charge is 0.288 e. The van der Waals surface area contributed by atoms with Gasteiger partial charge in [-0.3, -0.25) is 4.79 Å². The minimum Gasteiger partial charge on any atom is -0.459 e. The molecule has 0 unspecified atom stereocenters. The lowest BCUT2D eigenvalue weighted by atomic mass is 9.81. The summed E-state index contributed by atoms with van der Waals surface area (Å²) in [6.45, 7) is 4.84. The fourth-order valence-electron chi connectivity index (χ4n) is 3.52. The van der Waals surface area contributed by atoms with Gasteiger partial charge in [0, 0.05) is 38.1 Å². The molecule has 1 fully saturated rings. The molecule has 1 aromatic rings. The van der Waals surface area contributed by atoms with Crippen LogP contribution in [-0.2, 0) is 19.0 Å². The summed E-state index contributed by atoms with van der Waals surface area (Å²) in [7, 11) is 0. The zero-order valence-corrected chi connectivity index (χ0v) is 16.0. The van der Waals surface area contributed by atoms with Gasteiger partial charge >= 0.3 is 0 Å². The Morgan fingerprint density at radius 2 is 2.23 bits per heavy atom. The zero-order chi connectivity index (χ0) is 18.4. The van der Waals surface area contributed by atoms with Crippen molar-refractivity contribution in [1.29, 1.82) is 0 Å². The molecule has 0 saturated carbocycles. The van der Waals surface area contributed by atoms with Crippen molar-refractivity contribution in [1.82, 2.24) is 4.90 Å². The highest BCUT2D eigenvalue weighted by atomic mass is 32.1. The number of amides is 1. The van der Waals surface area contributed by atoms with Crippen LogP contribution in [0.4, 0.5) is 0 Å². The van der Waals surface area contributed by atoms with Gasteiger partial charge in [-0.05, 0) is 48.2 Å². The molecule has 1 amide bonds. The van der Waals surface area contributed by atoms with Crippen LogP contribution in [0, 0.1) is 5.92 Å². The molecule has 0 radical (unpaired) electrons. The van der Waals surface area contributed by atoms with Crippen LogP contribution in [-0.4, -0.2) is 61.7 Å². The summed E-state index contributed by atoms with van der Waals surface area (Å²) < 4.78 is 17.2. The van der Waals surface area contributed by atoms with Crippen LogP contribution in [0.3, 0.4) is 0 Å². The molecule has 1 saturated heterocycles. The van der Waals surface area contributed by atoms with E-state index in [9.17, 15) is 9.90 Å². The van der Waals surface area contributed by atoms with E-state index >= 15 is 0 Å². The van der Waals surface area contributed by atoms with E-state index in [1.54, 1.807) is 16.2 Å². The lowest BCUT2D eigenvalue weighted by Gasteiger charge is -2.38. The topological polar surface area (TPSA) is 68.2 Å². The van der Waals surface area contributed by atoms with Gasteiger partial charge in [-0.25, -0.2) is 0 Å². The average molecular weight is 381 g/mol. The fourth-order valence-corrected chi connectivity index (χ4v) is 4.23. The van der Waals surface area contributed by atoms with Crippen molar-refractivity contribution in [2.75, 3.05) is 39.5 Å². The highest BCUT2D eigenvalue weighted by Crippen LogP contribution is 2.40. The molecular weight excluding hydrogens is 354 g/mol. The third kappa shape index (κ3) is 4.46. The Morgan fingerprint density at radius 3 is 2.88 bits per heavy atom. The second kappa shape index (κ2) is 9.50. The van der Waals surface area contributed by atoms with Crippen molar-refractivity contribution in [3.8, 4) is 0 Å². The molecule has 0 bridgehead atoms. The Kier molecular flexibility index (Phi) is 7.07. The Labute approximate surface area is 158 Å². The van der Waals surface area contributed by atoms with E-state index in [2.05, 4.69) is 11.4 Å². The molecule has 0 spiro atoms. The molecule has 0 aromatic carbocycles. The summed E-state index contributed by atoms with van der Waals surface area (Å²) in [5.41, 5.74) is 1.17. The largest absolute Gasteiger partial charge is 0.459 e. The monoisotopic (exact) mass is 381 g/mol. The molecular formula is C19H27NO5S. The molecule has 0 aliphatic carbocycles. The van der Waals surface area contributed by atoms with Gasteiger partial charge in [-0.1, -0.05) is 0 Å². The first-order chi connectivity index (χ1) is 12.7. The number of aliphatic hydroxyl groups excluding tert-OH is 1. The molecule has 26 heavy (non-hydrogen) atoms. The summed E-state index contributed by atoms with van der Waals surface area (Å²) in [6, 6.07) is 2.09. The van der Waals surface area contributed by atoms with E-state index in [1.165, 1.54) is 5.56 Å². The van der Waals surface area contributed by atoms with Gasteiger partial charge in [0.1, 0.15) is 0 Å². The van der Waals surface area contributed by atoms with Gasteiger partial charge in [0.05, 0.1) is 13.2 Å². The van der Waals surface area contributed by atoms with Crippen molar-refractivity contribution in [3.63, 3.8) is 0 Å². The van der Waals surface area contributed by atoms with E-state index in [0.29, 0.717) is 45.1 Å². The Hall–Kier alpha value is -1.41. The molecule has 3 rings (SSSR count). The first-order valence-electron chi connectivity index (χ1n) is 9.24. The maximum atomic E-state index is 12.9. The van der Waals surface area contributed by atoms with Crippen LogP contribution in [0.1, 0.15) is 31.2 Å². The van der Waals surface area contributed by atoms with Gasteiger partial charge in [-0.15, -0.1) is 0 Å². The predicted octanol–water partition coefficient (Wildman–Crippen LogP) is 2.36. The Bertz CT molecular complexity index is 597. The number of carbonyl (C=O) groups is 1. The SMILES string of the molecule is CCO[C@H]1OC(C(=O)N2CCOCC2)=C[C@@H](c2ccsc2)[C@@H]1CCCO. The van der Waals surface area contributed by atoms with Crippen LogP contribution in [0.25, 0.3) is 0 Å². The highest BCUT2D eigenvalue weighted by molar-refractivity contribution is 7.08. The quantitative estimate of drug-likeness (QED) is 0.785. The molecule has 7 heteroatoms. The van der Waals surface area contributed by atoms with E-state index in [0.717, 1.165) is 6.42 Å².